The van der Waals surface area contributed by atoms with Crippen LogP contribution in [0, 0.1) is 20.8 Å². The Morgan fingerprint density at radius 2 is 1.27 bits per heavy atom. The van der Waals surface area contributed by atoms with E-state index in [0.717, 1.165) is 32.4 Å². The van der Waals surface area contributed by atoms with Gasteiger partial charge in [-0.3, -0.25) is 9.59 Å². The van der Waals surface area contributed by atoms with Crippen LogP contribution in [-0.4, -0.2) is 22.4 Å². The zero-order chi connectivity index (χ0) is 26.3. The van der Waals surface area contributed by atoms with Gasteiger partial charge in [-0.05, 0) is 80.9 Å². The van der Waals surface area contributed by atoms with Crippen molar-refractivity contribution in [1.82, 2.24) is 4.57 Å². The maximum atomic E-state index is 13.7. The molecule has 0 bridgehead atoms. The average molecular weight is 510 g/mol. The molecule has 0 saturated carbocycles. The number of barbiturate groups is 1. The summed E-state index contributed by atoms with van der Waals surface area (Å²) in [6.07, 6.45) is 1.57. The van der Waals surface area contributed by atoms with Crippen LogP contribution < -0.4 is 9.80 Å². The Labute approximate surface area is 220 Å². The predicted molar refractivity (Wildman–Crippen MR) is 146 cm³/mol. The summed E-state index contributed by atoms with van der Waals surface area (Å²) in [5.74, 6) is -1.34. The minimum Gasteiger partial charge on any atom is -0.318 e. The summed E-state index contributed by atoms with van der Waals surface area (Å²) in [7, 11) is 0. The normalized spacial score (nSPS) is 15.1. The maximum Gasteiger partial charge on any atom is 0.343 e. The lowest BCUT2D eigenvalue weighted by Crippen LogP contribution is -2.57. The molecule has 184 valence electrons. The lowest BCUT2D eigenvalue weighted by atomic mass is 10.0. The molecule has 1 saturated heterocycles. The number of rotatable bonds is 4. The zero-order valence-electron chi connectivity index (χ0n) is 20.6. The third-order valence-electron chi connectivity index (χ3n) is 6.39. The molecule has 1 aromatic heterocycles. The van der Waals surface area contributed by atoms with Crippen LogP contribution in [0.25, 0.3) is 11.8 Å². The first-order valence-corrected chi connectivity index (χ1v) is 12.1. The number of aryl methyl sites for hydroxylation is 2. The molecule has 2 heterocycles. The smallest absolute Gasteiger partial charge is 0.318 e. The largest absolute Gasteiger partial charge is 0.343 e. The Hall–Kier alpha value is -4.42. The van der Waals surface area contributed by atoms with Gasteiger partial charge in [-0.2, -0.15) is 0 Å². The summed E-state index contributed by atoms with van der Waals surface area (Å²) < 4.78 is 2.01. The van der Waals surface area contributed by atoms with Crippen LogP contribution in [0.3, 0.4) is 0 Å². The molecule has 0 radical (unpaired) electrons. The number of amides is 4. The molecule has 1 aliphatic rings. The fourth-order valence-electron chi connectivity index (χ4n) is 4.56. The van der Waals surface area contributed by atoms with E-state index in [1.807, 2.05) is 61.7 Å². The van der Waals surface area contributed by atoms with Gasteiger partial charge in [0.1, 0.15) is 5.57 Å². The molecule has 4 aromatic rings. The number of carbonyl (C=O) groups is 3. The second-order valence-corrected chi connectivity index (χ2v) is 9.37. The minimum absolute atomic E-state index is 0.102. The molecule has 0 spiro atoms. The molecular weight excluding hydrogens is 486 g/mol. The van der Waals surface area contributed by atoms with Crippen LogP contribution in [0.2, 0.25) is 5.02 Å². The second kappa shape index (κ2) is 9.56. The van der Waals surface area contributed by atoms with E-state index in [0.29, 0.717) is 22.0 Å². The van der Waals surface area contributed by atoms with Crippen molar-refractivity contribution in [3.63, 3.8) is 0 Å². The molecule has 1 aliphatic heterocycles. The van der Waals surface area contributed by atoms with Gasteiger partial charge in [-0.15, -0.1) is 0 Å². The van der Waals surface area contributed by atoms with Gasteiger partial charge in [0, 0.05) is 22.1 Å². The van der Waals surface area contributed by atoms with Crippen molar-refractivity contribution in [2.24, 2.45) is 0 Å². The molecule has 6 nitrogen and oxygen atoms in total. The average Bonchev–Trinajstić information content (AvgIpc) is 3.16. The van der Waals surface area contributed by atoms with Crippen molar-refractivity contribution >= 4 is 46.9 Å². The Balaban J connectivity index is 1.66. The standard InChI is InChI=1S/C30H24ClN3O3/c1-19-12-14-25(15-13-19)34-29(36)27(28(35)33(30(34)37)24-9-5-4-6-10-24)17-22-16-20(2)32(21(22)3)26-11-7-8-23(31)18-26/h4-18H,1-3H3/b27-17+. The van der Waals surface area contributed by atoms with Crippen molar-refractivity contribution in [3.8, 4) is 5.69 Å². The number of para-hydroxylation sites is 1. The number of benzene rings is 3. The van der Waals surface area contributed by atoms with Gasteiger partial charge in [0.05, 0.1) is 11.4 Å². The summed E-state index contributed by atoms with van der Waals surface area (Å²) >= 11 is 6.21. The lowest BCUT2D eigenvalue weighted by molar-refractivity contribution is -0.121. The predicted octanol–water partition coefficient (Wildman–Crippen LogP) is 6.64. The summed E-state index contributed by atoms with van der Waals surface area (Å²) in [4.78, 5) is 43.0. The number of halogens is 1. The van der Waals surface area contributed by atoms with Gasteiger partial charge in [-0.25, -0.2) is 14.6 Å². The molecule has 1 fully saturated rings. The number of hydrogen-bond acceptors (Lipinski definition) is 3. The van der Waals surface area contributed by atoms with Crippen molar-refractivity contribution in [1.29, 1.82) is 0 Å². The molecule has 0 atom stereocenters. The molecule has 4 amide bonds. The maximum absolute atomic E-state index is 13.7. The van der Waals surface area contributed by atoms with E-state index in [9.17, 15) is 14.4 Å². The van der Waals surface area contributed by atoms with Crippen molar-refractivity contribution in [2.45, 2.75) is 20.8 Å². The summed E-state index contributed by atoms with van der Waals surface area (Å²) in [5, 5.41) is 0.605. The van der Waals surface area contributed by atoms with Gasteiger partial charge in [0.15, 0.2) is 0 Å². The first-order valence-electron chi connectivity index (χ1n) is 11.8. The van der Waals surface area contributed by atoms with Crippen LogP contribution in [0.5, 0.6) is 0 Å². The topological polar surface area (TPSA) is 62.6 Å². The second-order valence-electron chi connectivity index (χ2n) is 8.93. The van der Waals surface area contributed by atoms with Crippen LogP contribution in [0.15, 0.2) is 90.5 Å². The third kappa shape index (κ3) is 4.36. The fraction of sp³-hybridized carbons (Fsp3) is 0.100. The van der Waals surface area contributed by atoms with Crippen LogP contribution in [0.4, 0.5) is 16.2 Å². The monoisotopic (exact) mass is 509 g/mol. The highest BCUT2D eigenvalue weighted by Gasteiger charge is 2.43. The number of urea groups is 1. The third-order valence-corrected chi connectivity index (χ3v) is 6.63. The van der Waals surface area contributed by atoms with Crippen molar-refractivity contribution < 1.29 is 14.4 Å². The molecule has 37 heavy (non-hydrogen) atoms. The molecule has 3 aromatic carbocycles. The highest BCUT2D eigenvalue weighted by atomic mass is 35.5. The fourth-order valence-corrected chi connectivity index (χ4v) is 4.74. The summed E-state index contributed by atoms with van der Waals surface area (Å²) in [5.41, 5.74) is 4.97. The summed E-state index contributed by atoms with van der Waals surface area (Å²) in [6, 6.07) is 24.3. The number of anilines is 2. The highest BCUT2D eigenvalue weighted by Crippen LogP contribution is 2.31. The van der Waals surface area contributed by atoms with E-state index in [-0.39, 0.29) is 5.57 Å². The number of aromatic nitrogens is 1. The SMILES string of the molecule is Cc1ccc(N2C(=O)/C(=C/c3cc(C)n(-c4cccc(Cl)c4)c3C)C(=O)N(c3ccccc3)C2=O)cc1. The van der Waals surface area contributed by atoms with Gasteiger partial charge in [-0.1, -0.05) is 53.6 Å². The molecule has 0 unspecified atom stereocenters. The van der Waals surface area contributed by atoms with Gasteiger partial charge in [0.2, 0.25) is 0 Å². The first kappa shape index (κ1) is 24.3. The van der Waals surface area contributed by atoms with E-state index in [2.05, 4.69) is 0 Å². The van der Waals surface area contributed by atoms with E-state index in [4.69, 9.17) is 11.6 Å². The van der Waals surface area contributed by atoms with E-state index >= 15 is 0 Å². The van der Waals surface area contributed by atoms with Crippen LogP contribution in [-0.2, 0) is 9.59 Å². The molecule has 7 heteroatoms. The highest BCUT2D eigenvalue weighted by molar-refractivity contribution is 6.46. The zero-order valence-corrected chi connectivity index (χ0v) is 21.4. The first-order chi connectivity index (χ1) is 17.8. The minimum atomic E-state index is -0.716. The van der Waals surface area contributed by atoms with Gasteiger partial charge >= 0.3 is 6.03 Å². The van der Waals surface area contributed by atoms with Gasteiger partial charge < -0.3 is 4.57 Å². The van der Waals surface area contributed by atoms with E-state index in [1.165, 1.54) is 0 Å². The van der Waals surface area contributed by atoms with Crippen molar-refractivity contribution in [2.75, 3.05) is 9.80 Å². The summed E-state index contributed by atoms with van der Waals surface area (Å²) in [6.45, 7) is 5.78. The Kier molecular flexibility index (Phi) is 6.27. The Morgan fingerprint density at radius 1 is 0.676 bits per heavy atom. The van der Waals surface area contributed by atoms with E-state index < -0.39 is 17.8 Å². The number of imide groups is 2. The molecule has 0 aliphatic carbocycles. The van der Waals surface area contributed by atoms with Gasteiger partial charge in [0.25, 0.3) is 11.8 Å². The van der Waals surface area contributed by atoms with Crippen LogP contribution in [0.1, 0.15) is 22.5 Å². The number of hydrogen-bond donors (Lipinski definition) is 0. The molecular formula is C30H24ClN3O3. The molecule has 5 rings (SSSR count). The molecule has 0 N–H and O–H groups in total. The van der Waals surface area contributed by atoms with Crippen molar-refractivity contribution in [3.05, 3.63) is 118 Å². The van der Waals surface area contributed by atoms with Crippen LogP contribution >= 0.6 is 11.6 Å². The lowest BCUT2D eigenvalue weighted by Gasteiger charge is -2.34. The number of carbonyl (C=O) groups excluding carboxylic acids is 3. The van der Waals surface area contributed by atoms with E-state index in [1.54, 1.807) is 54.6 Å². The number of nitrogens with zero attached hydrogens (tertiary/aromatic N) is 3. The Bertz CT molecular complexity index is 1570. The quantitative estimate of drug-likeness (QED) is 0.229. The Morgan fingerprint density at radius 3 is 1.89 bits per heavy atom.